The van der Waals surface area contributed by atoms with Crippen molar-refractivity contribution in [2.45, 2.75) is 18.6 Å². The van der Waals surface area contributed by atoms with Crippen LogP contribution in [-0.4, -0.2) is 37.4 Å². The number of aliphatic hydroxyl groups is 2. The van der Waals surface area contributed by atoms with Gasteiger partial charge in [0.15, 0.2) is 11.6 Å². The number of aliphatic carboxylic acids is 1. The third kappa shape index (κ3) is 2.78. The Hall–Kier alpha value is -1.93. The summed E-state index contributed by atoms with van der Waals surface area (Å²) in [6, 6.07) is 0. The average molecular weight is 228 g/mol. The minimum absolute atomic E-state index is 0.00340. The van der Waals surface area contributed by atoms with Crippen LogP contribution < -0.4 is 11.5 Å². The average Bonchev–Trinajstić information content (AvgIpc) is 2.20. The number of hydrogen-bond acceptors (Lipinski definition) is 7. The molecule has 8 nitrogen and oxygen atoms in total. The lowest BCUT2D eigenvalue weighted by Gasteiger charge is -2.15. The van der Waals surface area contributed by atoms with Crippen LogP contribution in [0.5, 0.6) is 0 Å². The number of hydrogen-bond donors (Lipinski definition) is 5. The largest absolute Gasteiger partial charge is 0.481 e. The molecule has 0 radical (unpaired) electrons. The van der Waals surface area contributed by atoms with E-state index < -0.39 is 24.6 Å². The van der Waals surface area contributed by atoms with Crippen molar-refractivity contribution in [3.8, 4) is 0 Å². The first-order valence-electron chi connectivity index (χ1n) is 4.37. The standard InChI is InChI=1S/C8H12N4O4/c9-7-8(10)12-3(2-11-7)6(16)4(13)1-5(14)15/h2,4,6,13,16H,1H2,(H2,9,11)(H2,10,12)(H,14,15). The highest BCUT2D eigenvalue weighted by atomic mass is 16.4. The summed E-state index contributed by atoms with van der Waals surface area (Å²) in [7, 11) is 0. The first kappa shape index (κ1) is 12.1. The molecule has 0 saturated carbocycles. The maximum absolute atomic E-state index is 10.3. The fourth-order valence-electron chi connectivity index (χ4n) is 1.06. The Morgan fingerprint density at radius 2 is 2.00 bits per heavy atom. The Morgan fingerprint density at radius 3 is 2.50 bits per heavy atom. The van der Waals surface area contributed by atoms with Crippen molar-refractivity contribution in [2.75, 3.05) is 11.5 Å². The van der Waals surface area contributed by atoms with Gasteiger partial charge < -0.3 is 26.8 Å². The van der Waals surface area contributed by atoms with E-state index in [-0.39, 0.29) is 17.3 Å². The molecular weight excluding hydrogens is 216 g/mol. The normalized spacial score (nSPS) is 14.4. The summed E-state index contributed by atoms with van der Waals surface area (Å²) < 4.78 is 0. The van der Waals surface area contributed by atoms with Crippen molar-refractivity contribution in [1.29, 1.82) is 0 Å². The van der Waals surface area contributed by atoms with Crippen LogP contribution in [0, 0.1) is 0 Å². The van der Waals surface area contributed by atoms with E-state index in [4.69, 9.17) is 16.6 Å². The quantitative estimate of drug-likeness (QED) is 0.417. The molecule has 8 heteroatoms. The molecule has 0 bridgehead atoms. The summed E-state index contributed by atoms with van der Waals surface area (Å²) in [4.78, 5) is 17.6. The SMILES string of the molecule is Nc1ncc(C(O)C(O)CC(=O)O)nc1N. The second kappa shape index (κ2) is 4.73. The van der Waals surface area contributed by atoms with Gasteiger partial charge in [0, 0.05) is 0 Å². The van der Waals surface area contributed by atoms with Crippen molar-refractivity contribution in [3.05, 3.63) is 11.9 Å². The molecule has 1 heterocycles. The van der Waals surface area contributed by atoms with E-state index in [2.05, 4.69) is 9.97 Å². The maximum atomic E-state index is 10.3. The lowest BCUT2D eigenvalue weighted by molar-refractivity contribution is -0.141. The molecule has 0 amide bonds. The molecule has 0 aliphatic rings. The third-order valence-electron chi connectivity index (χ3n) is 1.90. The molecule has 0 aromatic carbocycles. The molecule has 0 aliphatic carbocycles. The van der Waals surface area contributed by atoms with Gasteiger partial charge in [-0.25, -0.2) is 9.97 Å². The minimum Gasteiger partial charge on any atom is -0.481 e. The number of aromatic nitrogens is 2. The zero-order valence-corrected chi connectivity index (χ0v) is 8.24. The van der Waals surface area contributed by atoms with Crippen LogP contribution in [0.3, 0.4) is 0 Å². The number of nitrogen functional groups attached to an aromatic ring is 2. The molecule has 7 N–H and O–H groups in total. The van der Waals surface area contributed by atoms with Crippen LogP contribution in [0.15, 0.2) is 6.20 Å². The number of carbonyl (C=O) groups is 1. The van der Waals surface area contributed by atoms with Gasteiger partial charge in [-0.05, 0) is 0 Å². The second-order valence-corrected chi connectivity index (χ2v) is 3.18. The van der Waals surface area contributed by atoms with E-state index in [9.17, 15) is 15.0 Å². The third-order valence-corrected chi connectivity index (χ3v) is 1.90. The molecule has 0 aliphatic heterocycles. The van der Waals surface area contributed by atoms with Crippen molar-refractivity contribution in [1.82, 2.24) is 9.97 Å². The van der Waals surface area contributed by atoms with Gasteiger partial charge in [0.25, 0.3) is 0 Å². The number of carboxylic acids is 1. The minimum atomic E-state index is -1.48. The van der Waals surface area contributed by atoms with E-state index >= 15 is 0 Å². The van der Waals surface area contributed by atoms with Crippen LogP contribution in [0.25, 0.3) is 0 Å². The summed E-state index contributed by atoms with van der Waals surface area (Å²) in [5, 5.41) is 27.3. The molecule has 1 aromatic heterocycles. The highest BCUT2D eigenvalue weighted by molar-refractivity contribution is 5.67. The summed E-state index contributed by atoms with van der Waals surface area (Å²) in [5.41, 5.74) is 10.6. The van der Waals surface area contributed by atoms with Crippen molar-refractivity contribution in [2.24, 2.45) is 0 Å². The van der Waals surface area contributed by atoms with E-state index in [1.54, 1.807) is 0 Å². The van der Waals surface area contributed by atoms with Crippen molar-refractivity contribution >= 4 is 17.6 Å². The van der Waals surface area contributed by atoms with Crippen LogP contribution >= 0.6 is 0 Å². The van der Waals surface area contributed by atoms with E-state index in [0.29, 0.717) is 0 Å². The van der Waals surface area contributed by atoms with Gasteiger partial charge in [-0.2, -0.15) is 0 Å². The van der Waals surface area contributed by atoms with Crippen LogP contribution in [0.1, 0.15) is 18.2 Å². The lowest BCUT2D eigenvalue weighted by Crippen LogP contribution is -2.23. The van der Waals surface area contributed by atoms with E-state index in [1.165, 1.54) is 0 Å². The Balaban J connectivity index is 2.83. The monoisotopic (exact) mass is 228 g/mol. The van der Waals surface area contributed by atoms with Crippen LogP contribution in [-0.2, 0) is 4.79 Å². The Kier molecular flexibility index (Phi) is 3.59. The predicted molar refractivity (Wildman–Crippen MR) is 54.1 cm³/mol. The highest BCUT2D eigenvalue weighted by Gasteiger charge is 2.23. The zero-order chi connectivity index (χ0) is 12.3. The molecular formula is C8H12N4O4. The number of rotatable bonds is 4. The number of nitrogens with two attached hydrogens (primary N) is 2. The fraction of sp³-hybridized carbons (Fsp3) is 0.375. The smallest absolute Gasteiger partial charge is 0.306 e. The first-order valence-corrected chi connectivity index (χ1v) is 4.37. The first-order chi connectivity index (χ1) is 7.41. The van der Waals surface area contributed by atoms with Crippen LogP contribution in [0.4, 0.5) is 11.6 Å². The van der Waals surface area contributed by atoms with Gasteiger partial charge >= 0.3 is 5.97 Å². The second-order valence-electron chi connectivity index (χ2n) is 3.18. The van der Waals surface area contributed by atoms with E-state index in [0.717, 1.165) is 6.20 Å². The van der Waals surface area contributed by atoms with Gasteiger partial charge in [-0.3, -0.25) is 4.79 Å². The molecule has 0 spiro atoms. The summed E-state index contributed by atoms with van der Waals surface area (Å²) in [6.45, 7) is 0. The number of carboxylic acid groups (broad SMARTS) is 1. The Bertz CT molecular complexity index is 398. The number of nitrogens with zero attached hydrogens (tertiary/aromatic N) is 2. The van der Waals surface area contributed by atoms with Gasteiger partial charge in [-0.15, -0.1) is 0 Å². The summed E-state index contributed by atoms with van der Waals surface area (Å²) in [6.07, 6.45) is -2.42. The molecule has 1 rings (SSSR count). The van der Waals surface area contributed by atoms with E-state index in [1.807, 2.05) is 0 Å². The molecule has 16 heavy (non-hydrogen) atoms. The topological polar surface area (TPSA) is 156 Å². The molecule has 88 valence electrons. The molecule has 2 atom stereocenters. The van der Waals surface area contributed by atoms with Gasteiger partial charge in [-0.1, -0.05) is 0 Å². The lowest BCUT2D eigenvalue weighted by atomic mass is 10.1. The zero-order valence-electron chi connectivity index (χ0n) is 8.24. The van der Waals surface area contributed by atoms with Crippen LogP contribution in [0.2, 0.25) is 0 Å². The summed E-state index contributed by atoms with van der Waals surface area (Å²) >= 11 is 0. The number of anilines is 2. The van der Waals surface area contributed by atoms with Crippen molar-refractivity contribution in [3.63, 3.8) is 0 Å². The molecule has 0 fully saturated rings. The fourth-order valence-corrected chi connectivity index (χ4v) is 1.06. The summed E-state index contributed by atoms with van der Waals surface area (Å²) in [5.74, 6) is -1.31. The molecule has 2 unspecified atom stereocenters. The molecule has 0 saturated heterocycles. The van der Waals surface area contributed by atoms with Gasteiger partial charge in [0.05, 0.1) is 24.4 Å². The predicted octanol–water partition coefficient (Wildman–Crippen LogP) is -1.49. The van der Waals surface area contributed by atoms with Gasteiger partial charge in [0.2, 0.25) is 0 Å². The maximum Gasteiger partial charge on any atom is 0.306 e. The number of aliphatic hydroxyl groups excluding tert-OH is 2. The Labute approximate surface area is 90.6 Å². The van der Waals surface area contributed by atoms with Gasteiger partial charge in [0.1, 0.15) is 6.10 Å². The Morgan fingerprint density at radius 1 is 1.38 bits per heavy atom. The molecule has 1 aromatic rings. The van der Waals surface area contributed by atoms with Crippen molar-refractivity contribution < 1.29 is 20.1 Å². The highest BCUT2D eigenvalue weighted by Crippen LogP contribution is 2.18.